The van der Waals surface area contributed by atoms with Gasteiger partial charge in [0.15, 0.2) is 0 Å². The summed E-state index contributed by atoms with van der Waals surface area (Å²) < 4.78 is 0. The maximum absolute atomic E-state index is 12.6. The van der Waals surface area contributed by atoms with Crippen molar-refractivity contribution in [1.29, 1.82) is 0 Å². The van der Waals surface area contributed by atoms with Crippen LogP contribution in [0.4, 0.5) is 0 Å². The summed E-state index contributed by atoms with van der Waals surface area (Å²) >= 11 is 0. The molecule has 0 spiro atoms. The van der Waals surface area contributed by atoms with Crippen molar-refractivity contribution in [3.63, 3.8) is 0 Å². The lowest BCUT2D eigenvalue weighted by Gasteiger charge is -2.44. The zero-order chi connectivity index (χ0) is 13.9. The zero-order valence-corrected chi connectivity index (χ0v) is 12.7. The molecule has 0 bridgehead atoms. The monoisotopic (exact) mass is 267 g/mol. The predicted octanol–water partition coefficient (Wildman–Crippen LogP) is 1.22. The number of nitrogens with zero attached hydrogens (tertiary/aromatic N) is 1. The van der Waals surface area contributed by atoms with Gasteiger partial charge in [0.25, 0.3) is 0 Å². The van der Waals surface area contributed by atoms with Gasteiger partial charge in [-0.05, 0) is 37.3 Å². The highest BCUT2D eigenvalue weighted by molar-refractivity contribution is 5.77. The normalized spacial score (nSPS) is 26.5. The number of piperazine rings is 1. The third-order valence-corrected chi connectivity index (χ3v) is 4.49. The SMILES string of the molecule is CC(C)(C)[C@H]1CNCCN1C(=O)CC1CCNCC1. The molecule has 2 N–H and O–H groups in total. The molecule has 4 heteroatoms. The van der Waals surface area contributed by atoms with Crippen LogP contribution < -0.4 is 10.6 Å². The Morgan fingerprint density at radius 1 is 1.16 bits per heavy atom. The van der Waals surface area contributed by atoms with E-state index in [1.54, 1.807) is 0 Å². The highest BCUT2D eigenvalue weighted by Gasteiger charge is 2.35. The van der Waals surface area contributed by atoms with E-state index >= 15 is 0 Å². The molecule has 1 atom stereocenters. The van der Waals surface area contributed by atoms with Crippen LogP contribution in [0.5, 0.6) is 0 Å². The maximum atomic E-state index is 12.6. The van der Waals surface area contributed by atoms with E-state index in [4.69, 9.17) is 0 Å². The van der Waals surface area contributed by atoms with Gasteiger partial charge in [-0.3, -0.25) is 4.79 Å². The molecule has 2 rings (SSSR count). The van der Waals surface area contributed by atoms with Crippen molar-refractivity contribution in [2.24, 2.45) is 11.3 Å². The quantitative estimate of drug-likeness (QED) is 0.791. The maximum Gasteiger partial charge on any atom is 0.223 e. The molecular formula is C15H29N3O. The molecule has 2 saturated heterocycles. The van der Waals surface area contributed by atoms with Gasteiger partial charge in [-0.2, -0.15) is 0 Å². The van der Waals surface area contributed by atoms with Gasteiger partial charge in [0.2, 0.25) is 5.91 Å². The van der Waals surface area contributed by atoms with Crippen molar-refractivity contribution >= 4 is 5.91 Å². The van der Waals surface area contributed by atoms with Crippen LogP contribution in [0.15, 0.2) is 0 Å². The Kier molecular flexibility index (Phi) is 4.85. The van der Waals surface area contributed by atoms with Gasteiger partial charge in [-0.25, -0.2) is 0 Å². The molecule has 0 saturated carbocycles. The van der Waals surface area contributed by atoms with Crippen LogP contribution in [-0.2, 0) is 4.79 Å². The van der Waals surface area contributed by atoms with Crippen molar-refractivity contribution in [1.82, 2.24) is 15.5 Å². The third-order valence-electron chi connectivity index (χ3n) is 4.49. The average molecular weight is 267 g/mol. The first-order valence-electron chi connectivity index (χ1n) is 7.69. The molecule has 0 unspecified atom stereocenters. The highest BCUT2D eigenvalue weighted by atomic mass is 16.2. The molecule has 110 valence electrons. The van der Waals surface area contributed by atoms with Crippen LogP contribution in [0.1, 0.15) is 40.0 Å². The number of hydrogen-bond acceptors (Lipinski definition) is 3. The van der Waals surface area contributed by atoms with E-state index in [1.165, 1.54) is 0 Å². The van der Waals surface area contributed by atoms with Gasteiger partial charge in [-0.15, -0.1) is 0 Å². The Labute approximate surface area is 117 Å². The molecule has 0 aromatic rings. The fourth-order valence-electron chi connectivity index (χ4n) is 3.23. The van der Waals surface area contributed by atoms with E-state index in [2.05, 4.69) is 36.3 Å². The highest BCUT2D eigenvalue weighted by Crippen LogP contribution is 2.27. The van der Waals surface area contributed by atoms with Crippen LogP contribution in [-0.4, -0.2) is 49.6 Å². The summed E-state index contributed by atoms with van der Waals surface area (Å²) in [5, 5.41) is 6.79. The number of amides is 1. The number of hydrogen-bond donors (Lipinski definition) is 2. The Bertz CT molecular complexity index is 305. The minimum atomic E-state index is 0.150. The van der Waals surface area contributed by atoms with E-state index in [0.717, 1.165) is 52.0 Å². The molecule has 4 nitrogen and oxygen atoms in total. The number of carbonyl (C=O) groups is 1. The van der Waals surface area contributed by atoms with Gasteiger partial charge in [-0.1, -0.05) is 20.8 Å². The first kappa shape index (κ1) is 14.8. The van der Waals surface area contributed by atoms with E-state index in [0.29, 0.717) is 17.9 Å². The second kappa shape index (κ2) is 6.23. The van der Waals surface area contributed by atoms with Gasteiger partial charge < -0.3 is 15.5 Å². The summed E-state index contributed by atoms with van der Waals surface area (Å²) in [5.74, 6) is 0.956. The van der Waals surface area contributed by atoms with Crippen molar-refractivity contribution in [2.75, 3.05) is 32.7 Å². The molecule has 2 aliphatic rings. The van der Waals surface area contributed by atoms with Crippen LogP contribution in [0.2, 0.25) is 0 Å². The number of nitrogens with one attached hydrogen (secondary N) is 2. The molecule has 0 aromatic heterocycles. The van der Waals surface area contributed by atoms with Crippen LogP contribution in [0.3, 0.4) is 0 Å². The lowest BCUT2D eigenvalue weighted by atomic mass is 9.84. The zero-order valence-electron chi connectivity index (χ0n) is 12.7. The van der Waals surface area contributed by atoms with Gasteiger partial charge in [0.05, 0.1) is 0 Å². The molecule has 2 aliphatic heterocycles. The average Bonchev–Trinajstić information content (AvgIpc) is 2.39. The number of piperidine rings is 1. The van der Waals surface area contributed by atoms with Crippen LogP contribution in [0.25, 0.3) is 0 Å². The first-order valence-corrected chi connectivity index (χ1v) is 7.69. The summed E-state index contributed by atoms with van der Waals surface area (Å²) in [7, 11) is 0. The summed E-state index contributed by atoms with van der Waals surface area (Å²) in [6, 6.07) is 0.329. The second-order valence-electron chi connectivity index (χ2n) is 7.07. The fourth-order valence-corrected chi connectivity index (χ4v) is 3.23. The molecule has 0 aromatic carbocycles. The summed E-state index contributed by atoms with van der Waals surface area (Å²) in [6.45, 7) is 11.6. The first-order chi connectivity index (χ1) is 8.98. The van der Waals surface area contributed by atoms with Gasteiger partial charge in [0.1, 0.15) is 0 Å². The van der Waals surface area contributed by atoms with Crippen molar-refractivity contribution in [2.45, 2.75) is 46.1 Å². The lowest BCUT2D eigenvalue weighted by molar-refractivity contribution is -0.138. The molecule has 0 aliphatic carbocycles. The summed E-state index contributed by atoms with van der Waals surface area (Å²) in [4.78, 5) is 14.7. The molecule has 1 amide bonds. The molecule has 19 heavy (non-hydrogen) atoms. The largest absolute Gasteiger partial charge is 0.337 e. The van der Waals surface area contributed by atoms with E-state index < -0.39 is 0 Å². The molecular weight excluding hydrogens is 238 g/mol. The number of carbonyl (C=O) groups excluding carboxylic acids is 1. The van der Waals surface area contributed by atoms with E-state index in [9.17, 15) is 4.79 Å². The third kappa shape index (κ3) is 3.93. The Balaban J connectivity index is 1.95. The summed E-state index contributed by atoms with van der Waals surface area (Å²) in [5.41, 5.74) is 0.150. The van der Waals surface area contributed by atoms with Gasteiger partial charge in [0, 0.05) is 32.1 Å². The van der Waals surface area contributed by atoms with E-state index in [-0.39, 0.29) is 5.41 Å². The smallest absolute Gasteiger partial charge is 0.223 e. The molecule has 2 fully saturated rings. The Morgan fingerprint density at radius 3 is 2.47 bits per heavy atom. The van der Waals surface area contributed by atoms with Crippen LogP contribution in [0, 0.1) is 11.3 Å². The predicted molar refractivity (Wildman–Crippen MR) is 78.0 cm³/mol. The number of rotatable bonds is 2. The Hall–Kier alpha value is -0.610. The van der Waals surface area contributed by atoms with Crippen molar-refractivity contribution < 1.29 is 4.79 Å². The minimum Gasteiger partial charge on any atom is -0.337 e. The van der Waals surface area contributed by atoms with Crippen molar-refractivity contribution in [3.05, 3.63) is 0 Å². The van der Waals surface area contributed by atoms with Crippen molar-refractivity contribution in [3.8, 4) is 0 Å². The minimum absolute atomic E-state index is 0.150. The summed E-state index contributed by atoms with van der Waals surface area (Å²) in [6.07, 6.45) is 3.05. The lowest BCUT2D eigenvalue weighted by Crippen LogP contribution is -2.58. The standard InChI is InChI=1S/C15H29N3O/c1-15(2,3)13-11-17-8-9-18(13)14(19)10-12-4-6-16-7-5-12/h12-13,16-17H,4-11H2,1-3H3/t13-/m1/s1. The fraction of sp³-hybridized carbons (Fsp3) is 0.933. The second-order valence-corrected chi connectivity index (χ2v) is 7.07. The van der Waals surface area contributed by atoms with E-state index in [1.807, 2.05) is 0 Å². The topological polar surface area (TPSA) is 44.4 Å². The van der Waals surface area contributed by atoms with Gasteiger partial charge >= 0.3 is 0 Å². The Morgan fingerprint density at radius 2 is 1.84 bits per heavy atom. The van der Waals surface area contributed by atoms with Crippen LogP contribution >= 0.6 is 0 Å². The molecule has 0 radical (unpaired) electrons. The molecule has 2 heterocycles.